The molecule has 0 spiro atoms. The van der Waals surface area contributed by atoms with Gasteiger partial charge in [0.2, 0.25) is 11.9 Å². The maximum Gasteiger partial charge on any atom is 0.248 e. The van der Waals surface area contributed by atoms with Crippen molar-refractivity contribution in [3.8, 4) is 11.4 Å². The van der Waals surface area contributed by atoms with Gasteiger partial charge in [0.1, 0.15) is 11.9 Å². The Bertz CT molecular complexity index is 1140. The second kappa shape index (κ2) is 7.09. The Kier molecular flexibility index (Phi) is 4.68. The van der Waals surface area contributed by atoms with Crippen molar-refractivity contribution in [1.82, 2.24) is 14.8 Å². The van der Waals surface area contributed by atoms with E-state index in [-0.39, 0.29) is 11.2 Å². The van der Waals surface area contributed by atoms with Gasteiger partial charge in [0.25, 0.3) is 0 Å². The second-order valence-electron chi connectivity index (χ2n) is 8.51. The van der Waals surface area contributed by atoms with E-state index in [1.807, 2.05) is 12.1 Å². The summed E-state index contributed by atoms with van der Waals surface area (Å²) in [6.07, 6.45) is 0. The lowest BCUT2D eigenvalue weighted by Crippen LogP contribution is -2.31. The van der Waals surface area contributed by atoms with Crippen LogP contribution in [0.15, 0.2) is 59.8 Å². The average molecular weight is 405 g/mol. The van der Waals surface area contributed by atoms with Crippen LogP contribution >= 0.6 is 0 Å². The molecule has 3 N–H and O–H groups in total. The van der Waals surface area contributed by atoms with Gasteiger partial charge >= 0.3 is 0 Å². The maximum atomic E-state index is 13.5. The van der Waals surface area contributed by atoms with Crippen molar-refractivity contribution in [3.05, 3.63) is 76.7 Å². The summed E-state index contributed by atoms with van der Waals surface area (Å²) in [7, 11) is 0. The number of aromatic nitrogens is 3. The number of halogens is 1. The first-order chi connectivity index (χ1) is 14.1. The first-order valence-corrected chi connectivity index (χ1v) is 9.75. The normalized spacial score (nSPS) is 16.2. The van der Waals surface area contributed by atoms with Crippen molar-refractivity contribution in [2.75, 3.05) is 5.32 Å². The number of primary amides is 1. The second-order valence-corrected chi connectivity index (χ2v) is 8.51. The molecule has 1 aliphatic heterocycles. The molecule has 6 nitrogen and oxygen atoms in total. The first kappa shape index (κ1) is 19.8. The van der Waals surface area contributed by atoms with E-state index in [2.05, 4.69) is 48.3 Å². The number of nitrogens with zero attached hydrogens (tertiary/aromatic N) is 3. The summed E-state index contributed by atoms with van der Waals surface area (Å²) >= 11 is 0. The topological polar surface area (TPSA) is 85.8 Å². The Morgan fingerprint density at radius 1 is 1.10 bits per heavy atom. The van der Waals surface area contributed by atoms with E-state index in [9.17, 15) is 9.18 Å². The fourth-order valence-electron chi connectivity index (χ4n) is 3.67. The quantitative estimate of drug-likeness (QED) is 0.685. The van der Waals surface area contributed by atoms with E-state index in [1.165, 1.54) is 17.7 Å². The van der Waals surface area contributed by atoms with Crippen molar-refractivity contribution in [2.24, 2.45) is 5.73 Å². The van der Waals surface area contributed by atoms with Crippen molar-refractivity contribution >= 4 is 11.9 Å². The molecule has 0 fully saturated rings. The number of anilines is 1. The van der Waals surface area contributed by atoms with Crippen LogP contribution in [0.3, 0.4) is 0 Å². The molecule has 1 unspecified atom stereocenters. The highest BCUT2D eigenvalue weighted by molar-refractivity contribution is 5.95. The van der Waals surface area contributed by atoms with Crippen molar-refractivity contribution in [1.29, 1.82) is 0 Å². The minimum Gasteiger partial charge on any atom is -0.366 e. The number of rotatable bonds is 3. The molecule has 1 aliphatic rings. The van der Waals surface area contributed by atoms with Crippen LogP contribution < -0.4 is 11.1 Å². The van der Waals surface area contributed by atoms with Gasteiger partial charge in [0, 0.05) is 11.3 Å². The summed E-state index contributed by atoms with van der Waals surface area (Å²) < 4.78 is 15.1. The van der Waals surface area contributed by atoms with E-state index in [0.29, 0.717) is 28.6 Å². The summed E-state index contributed by atoms with van der Waals surface area (Å²) in [4.78, 5) is 16.9. The van der Waals surface area contributed by atoms with Gasteiger partial charge in [-0.1, -0.05) is 57.2 Å². The summed E-state index contributed by atoms with van der Waals surface area (Å²) in [5.41, 5.74) is 9.47. The Hall–Kier alpha value is -3.48. The zero-order valence-electron chi connectivity index (χ0n) is 17.4. The van der Waals surface area contributed by atoms with Gasteiger partial charge in [-0.25, -0.2) is 9.07 Å². The van der Waals surface area contributed by atoms with Gasteiger partial charge in [-0.05, 0) is 35.6 Å². The summed E-state index contributed by atoms with van der Waals surface area (Å²) in [6, 6.07) is 13.5. The van der Waals surface area contributed by atoms with E-state index < -0.39 is 11.9 Å². The predicted molar refractivity (Wildman–Crippen MR) is 114 cm³/mol. The fourth-order valence-corrected chi connectivity index (χ4v) is 3.67. The molecule has 2 heterocycles. The molecule has 154 valence electrons. The number of carbonyl (C=O) groups is 1. The standard InChI is InChI=1S/C23H24FN5O/c1-13-18(20(25)30)19(14-7-11-17(24)12-8-14)29-22(26-13)27-21(28-29)15-5-9-16(10-6-15)23(2,3)4/h5-12,19H,1-4H3,(H2,25,30)(H,26,27,28). The third kappa shape index (κ3) is 3.47. The van der Waals surface area contributed by atoms with Crippen LogP contribution in [0, 0.1) is 5.82 Å². The Morgan fingerprint density at radius 2 is 1.73 bits per heavy atom. The number of hydrogen-bond donors (Lipinski definition) is 2. The average Bonchev–Trinajstić information content (AvgIpc) is 3.10. The first-order valence-electron chi connectivity index (χ1n) is 9.75. The smallest absolute Gasteiger partial charge is 0.248 e. The lowest BCUT2D eigenvalue weighted by Gasteiger charge is -2.27. The van der Waals surface area contributed by atoms with E-state index in [0.717, 1.165) is 5.56 Å². The van der Waals surface area contributed by atoms with Gasteiger partial charge in [-0.2, -0.15) is 4.98 Å². The molecular weight excluding hydrogens is 381 g/mol. The SMILES string of the molecule is CC1=C(C(N)=O)C(c2ccc(F)cc2)n2nc(-c3ccc(C(C)(C)C)cc3)nc2N1. The molecule has 4 rings (SSSR count). The monoisotopic (exact) mass is 405 g/mol. The molecule has 0 radical (unpaired) electrons. The third-order valence-corrected chi connectivity index (χ3v) is 5.31. The minimum atomic E-state index is -0.588. The zero-order valence-corrected chi connectivity index (χ0v) is 17.4. The fraction of sp³-hybridized carbons (Fsp3) is 0.261. The number of benzene rings is 2. The number of nitrogens with one attached hydrogen (secondary N) is 1. The van der Waals surface area contributed by atoms with Crippen molar-refractivity contribution in [2.45, 2.75) is 39.2 Å². The molecule has 30 heavy (non-hydrogen) atoms. The van der Waals surface area contributed by atoms with Gasteiger partial charge in [0.15, 0.2) is 5.82 Å². The molecule has 1 amide bonds. The van der Waals surface area contributed by atoms with E-state index in [1.54, 1.807) is 23.7 Å². The lowest BCUT2D eigenvalue weighted by molar-refractivity contribution is -0.115. The van der Waals surface area contributed by atoms with Crippen LogP contribution in [0.1, 0.15) is 44.9 Å². The molecule has 0 bridgehead atoms. The summed E-state index contributed by atoms with van der Waals surface area (Å²) in [6.45, 7) is 8.25. The van der Waals surface area contributed by atoms with Gasteiger partial charge in [-0.15, -0.1) is 5.10 Å². The largest absolute Gasteiger partial charge is 0.366 e. The Balaban J connectivity index is 1.80. The molecular formula is C23H24FN5O. The Morgan fingerprint density at radius 3 is 2.30 bits per heavy atom. The van der Waals surface area contributed by atoms with Crippen LogP contribution in [0.2, 0.25) is 0 Å². The highest BCUT2D eigenvalue weighted by Crippen LogP contribution is 2.36. The minimum absolute atomic E-state index is 0.0477. The van der Waals surface area contributed by atoms with Gasteiger partial charge in [0.05, 0.1) is 5.57 Å². The molecule has 0 saturated heterocycles. The van der Waals surface area contributed by atoms with Crippen LogP contribution in [-0.2, 0) is 10.2 Å². The lowest BCUT2D eigenvalue weighted by atomic mass is 9.87. The van der Waals surface area contributed by atoms with Crippen LogP contribution in [-0.4, -0.2) is 20.7 Å². The van der Waals surface area contributed by atoms with Gasteiger partial charge in [-0.3, -0.25) is 4.79 Å². The zero-order chi connectivity index (χ0) is 21.6. The number of hydrogen-bond acceptors (Lipinski definition) is 4. The van der Waals surface area contributed by atoms with Gasteiger partial charge < -0.3 is 11.1 Å². The van der Waals surface area contributed by atoms with Crippen molar-refractivity contribution in [3.63, 3.8) is 0 Å². The number of carbonyl (C=O) groups excluding carboxylic acids is 1. The summed E-state index contributed by atoms with van der Waals surface area (Å²) in [5, 5.41) is 7.79. The van der Waals surface area contributed by atoms with E-state index in [4.69, 9.17) is 5.73 Å². The molecule has 0 aliphatic carbocycles. The molecule has 1 aromatic heterocycles. The van der Waals surface area contributed by atoms with Crippen molar-refractivity contribution < 1.29 is 9.18 Å². The van der Waals surface area contributed by atoms with E-state index >= 15 is 0 Å². The maximum absolute atomic E-state index is 13.5. The number of amides is 1. The Labute approximate surface area is 174 Å². The highest BCUT2D eigenvalue weighted by Gasteiger charge is 2.33. The van der Waals surface area contributed by atoms with Crippen LogP contribution in [0.25, 0.3) is 11.4 Å². The van der Waals surface area contributed by atoms with Crippen LogP contribution in [0.4, 0.5) is 10.3 Å². The molecule has 7 heteroatoms. The number of allylic oxidation sites excluding steroid dienone is 1. The number of nitrogens with two attached hydrogens (primary N) is 1. The summed E-state index contributed by atoms with van der Waals surface area (Å²) in [5.74, 6) is 0.115. The number of fused-ring (bicyclic) bond motifs is 1. The third-order valence-electron chi connectivity index (χ3n) is 5.31. The predicted octanol–water partition coefficient (Wildman–Crippen LogP) is 4.16. The molecule has 0 saturated carbocycles. The molecule has 2 aromatic carbocycles. The molecule has 1 atom stereocenters. The van der Waals surface area contributed by atoms with Crippen LogP contribution in [0.5, 0.6) is 0 Å². The highest BCUT2D eigenvalue weighted by atomic mass is 19.1. The molecule has 3 aromatic rings.